The Labute approximate surface area is 338 Å². The lowest BCUT2D eigenvalue weighted by atomic mass is 10.0. The van der Waals surface area contributed by atoms with E-state index >= 15 is 0 Å². The van der Waals surface area contributed by atoms with Crippen LogP contribution in [0.1, 0.15) is 63.5 Å². The van der Waals surface area contributed by atoms with Crippen LogP contribution in [0.2, 0.25) is 5.02 Å². The highest BCUT2D eigenvalue weighted by Gasteiger charge is 2.31. The molecule has 0 fully saturated rings. The number of hydrogen-bond acceptors (Lipinski definition) is 8. The fourth-order valence-electron chi connectivity index (χ4n) is 5.82. The first kappa shape index (κ1) is 39.8. The summed E-state index contributed by atoms with van der Waals surface area (Å²) in [6, 6.07) is 34.0. The third-order valence-electron chi connectivity index (χ3n) is 8.45. The van der Waals surface area contributed by atoms with E-state index in [1.165, 1.54) is 23.1 Å². The second-order valence-electron chi connectivity index (χ2n) is 13.8. The van der Waals surface area contributed by atoms with E-state index in [2.05, 4.69) is 22.0 Å². The van der Waals surface area contributed by atoms with E-state index in [1.54, 1.807) is 83.8 Å². The van der Waals surface area contributed by atoms with Crippen LogP contribution >= 0.6 is 34.7 Å². The van der Waals surface area contributed by atoms with Crippen LogP contribution in [0, 0.1) is 11.3 Å². The molecule has 0 radical (unpaired) electrons. The lowest BCUT2D eigenvalue weighted by molar-refractivity contribution is -0.116. The number of nitrogens with one attached hydrogen (secondary N) is 3. The number of carbonyl (C=O) groups is 4. The average Bonchev–Trinajstić information content (AvgIpc) is 3.53. The fraction of sp³-hybridized carbons (Fsp3) is 0.186. The molecule has 3 N–H and O–H groups in total. The van der Waals surface area contributed by atoms with E-state index in [1.807, 2.05) is 57.2 Å². The van der Waals surface area contributed by atoms with Crippen molar-refractivity contribution >= 4 is 75.3 Å². The number of amides is 4. The molecule has 0 saturated carbocycles. The van der Waals surface area contributed by atoms with Crippen LogP contribution < -0.4 is 16.0 Å². The summed E-state index contributed by atoms with van der Waals surface area (Å²) in [6.45, 7) is 6.11. The normalized spacial score (nSPS) is 13.1. The van der Waals surface area contributed by atoms with Crippen LogP contribution in [-0.4, -0.2) is 40.9 Å². The zero-order valence-corrected chi connectivity index (χ0v) is 33.2. The summed E-state index contributed by atoms with van der Waals surface area (Å²) in [5, 5.41) is 19.0. The molecular formula is C43H38ClN5O5S2. The number of fused-ring (bicyclic) bond motifs is 1. The van der Waals surface area contributed by atoms with Crippen LogP contribution in [0.5, 0.6) is 0 Å². The van der Waals surface area contributed by atoms with Gasteiger partial charge in [0.25, 0.3) is 11.8 Å². The van der Waals surface area contributed by atoms with Gasteiger partial charge in [-0.25, -0.2) is 4.79 Å². The lowest BCUT2D eigenvalue weighted by Crippen LogP contribution is -2.39. The summed E-state index contributed by atoms with van der Waals surface area (Å²) >= 11 is 8.64. The molecule has 1 aliphatic rings. The molecule has 1 atom stereocenters. The first-order chi connectivity index (χ1) is 26.9. The molecule has 13 heteroatoms. The zero-order valence-electron chi connectivity index (χ0n) is 30.8. The summed E-state index contributed by atoms with van der Waals surface area (Å²) in [5.74, 6) is -1.35. The number of hydrogen-bond donors (Lipinski definition) is 3. The van der Waals surface area contributed by atoms with Gasteiger partial charge in [0.2, 0.25) is 5.91 Å². The summed E-state index contributed by atoms with van der Waals surface area (Å²) < 4.78 is 5.57. The van der Waals surface area contributed by atoms with E-state index in [-0.39, 0.29) is 18.1 Å². The predicted molar refractivity (Wildman–Crippen MR) is 221 cm³/mol. The topological polar surface area (TPSA) is 141 Å². The number of carbonyl (C=O) groups excluding carboxylic acids is 4. The van der Waals surface area contributed by atoms with Gasteiger partial charge < -0.3 is 25.6 Å². The standard InChI is InChI=1S/C43H38ClN5O5S2/c1-43(2,3)54-42(53)49-22-21-33-34(25-45)41(56-36(33)26-49)48-40(52)37(28-11-6-4-7-12-28)55-32-16-10-15-31(24-32)46-39(51)35(23-27-17-19-30(44)20-18-27)47-38(50)29-13-8-5-9-14-29/h4-20,23-24,37H,21-22,26H2,1-3H3,(H,46,51)(H,47,50)(H,48,52)/b35-23+. The van der Waals surface area contributed by atoms with Gasteiger partial charge in [-0.1, -0.05) is 78.3 Å². The van der Waals surface area contributed by atoms with Gasteiger partial charge in [-0.2, -0.15) is 5.26 Å². The van der Waals surface area contributed by atoms with E-state index in [0.717, 1.165) is 16.0 Å². The maximum Gasteiger partial charge on any atom is 0.410 e. The highest BCUT2D eigenvalue weighted by molar-refractivity contribution is 8.00. The van der Waals surface area contributed by atoms with Crippen LogP contribution in [0.25, 0.3) is 6.08 Å². The van der Waals surface area contributed by atoms with Crippen molar-refractivity contribution in [2.24, 2.45) is 0 Å². The van der Waals surface area contributed by atoms with Gasteiger partial charge in [0.05, 0.1) is 12.1 Å². The molecule has 2 heterocycles. The second-order valence-corrected chi connectivity index (χ2v) is 16.5. The van der Waals surface area contributed by atoms with Gasteiger partial charge in [-0.3, -0.25) is 14.4 Å². The Balaban J connectivity index is 1.21. The molecule has 4 amide bonds. The molecule has 1 unspecified atom stereocenters. The molecular weight excluding hydrogens is 766 g/mol. The van der Waals surface area contributed by atoms with Crippen molar-refractivity contribution in [2.45, 2.75) is 49.5 Å². The Morgan fingerprint density at radius 2 is 1.62 bits per heavy atom. The zero-order chi connectivity index (χ0) is 39.8. The van der Waals surface area contributed by atoms with E-state index in [0.29, 0.717) is 50.3 Å². The van der Waals surface area contributed by atoms with Crippen molar-refractivity contribution in [3.05, 3.63) is 153 Å². The lowest BCUT2D eigenvalue weighted by Gasteiger charge is -2.29. The van der Waals surface area contributed by atoms with Crippen molar-refractivity contribution in [1.29, 1.82) is 5.26 Å². The fourth-order valence-corrected chi connectivity index (χ4v) is 8.25. The number of nitriles is 1. The van der Waals surface area contributed by atoms with Gasteiger partial charge in [-0.05, 0) is 92.4 Å². The number of halogens is 1. The molecule has 5 aromatic rings. The Kier molecular flexibility index (Phi) is 12.6. The minimum Gasteiger partial charge on any atom is -0.444 e. The van der Waals surface area contributed by atoms with Crippen molar-refractivity contribution < 1.29 is 23.9 Å². The van der Waals surface area contributed by atoms with Crippen molar-refractivity contribution in [1.82, 2.24) is 10.2 Å². The van der Waals surface area contributed by atoms with Gasteiger partial charge in [0, 0.05) is 32.6 Å². The van der Waals surface area contributed by atoms with Crippen LogP contribution in [0.4, 0.5) is 15.5 Å². The number of anilines is 2. The highest BCUT2D eigenvalue weighted by atomic mass is 35.5. The third kappa shape index (κ3) is 10.2. The van der Waals surface area contributed by atoms with Gasteiger partial charge in [0.15, 0.2) is 0 Å². The van der Waals surface area contributed by atoms with Crippen LogP contribution in [0.3, 0.4) is 0 Å². The monoisotopic (exact) mass is 803 g/mol. The van der Waals surface area contributed by atoms with Gasteiger partial charge >= 0.3 is 6.09 Å². The van der Waals surface area contributed by atoms with Crippen molar-refractivity contribution in [3.8, 4) is 6.07 Å². The minimum atomic E-state index is -0.739. The summed E-state index contributed by atoms with van der Waals surface area (Å²) in [7, 11) is 0. The predicted octanol–water partition coefficient (Wildman–Crippen LogP) is 9.45. The van der Waals surface area contributed by atoms with E-state index < -0.39 is 28.8 Å². The average molecular weight is 804 g/mol. The Hall–Kier alpha value is -5.87. The molecule has 0 aliphatic carbocycles. The third-order valence-corrected chi connectivity index (χ3v) is 11.1. The molecule has 1 aromatic heterocycles. The number of thioether (sulfide) groups is 1. The van der Waals surface area contributed by atoms with Gasteiger partial charge in [-0.15, -0.1) is 23.1 Å². The number of nitrogens with zero attached hydrogens (tertiary/aromatic N) is 2. The van der Waals surface area contributed by atoms with Crippen molar-refractivity contribution in [3.63, 3.8) is 0 Å². The van der Waals surface area contributed by atoms with Gasteiger partial charge in [0.1, 0.15) is 27.6 Å². The Morgan fingerprint density at radius 1 is 0.929 bits per heavy atom. The second kappa shape index (κ2) is 17.7. The maximum atomic E-state index is 14.1. The number of rotatable bonds is 10. The minimum absolute atomic E-state index is 0.0157. The molecule has 0 saturated heterocycles. The first-order valence-electron chi connectivity index (χ1n) is 17.7. The molecule has 10 nitrogen and oxygen atoms in total. The highest BCUT2D eigenvalue weighted by Crippen LogP contribution is 2.41. The molecule has 284 valence electrons. The quantitative estimate of drug-likeness (QED) is 0.0944. The van der Waals surface area contributed by atoms with E-state index in [4.69, 9.17) is 16.3 Å². The number of ether oxygens (including phenoxy) is 1. The van der Waals surface area contributed by atoms with Crippen LogP contribution in [0.15, 0.2) is 120 Å². The summed E-state index contributed by atoms with van der Waals surface area (Å²) in [6.07, 6.45) is 1.60. The molecule has 0 bridgehead atoms. The number of thiophene rings is 1. The Morgan fingerprint density at radius 3 is 2.30 bits per heavy atom. The first-order valence-corrected chi connectivity index (χ1v) is 19.7. The summed E-state index contributed by atoms with van der Waals surface area (Å²) in [5.41, 5.74) is 2.81. The largest absolute Gasteiger partial charge is 0.444 e. The SMILES string of the molecule is CC(C)(C)OC(=O)N1CCc2c(sc(NC(=O)C(Sc3cccc(NC(=O)/C(=C\c4ccc(Cl)cc4)NC(=O)c4ccccc4)c3)c3ccccc3)c2C#N)C1. The number of benzene rings is 4. The molecule has 56 heavy (non-hydrogen) atoms. The molecule has 4 aromatic carbocycles. The maximum absolute atomic E-state index is 14.1. The molecule has 6 rings (SSSR count). The van der Waals surface area contributed by atoms with E-state index in [9.17, 15) is 24.4 Å². The van der Waals surface area contributed by atoms with Crippen molar-refractivity contribution in [2.75, 3.05) is 17.2 Å². The van der Waals surface area contributed by atoms with Crippen LogP contribution in [-0.2, 0) is 27.3 Å². The Bertz CT molecular complexity index is 2320. The smallest absolute Gasteiger partial charge is 0.410 e. The molecule has 1 aliphatic heterocycles. The summed E-state index contributed by atoms with van der Waals surface area (Å²) in [4.78, 5) is 56.9. The molecule has 0 spiro atoms.